The molecule has 0 aromatic carbocycles. The van der Waals surface area contributed by atoms with Crippen molar-refractivity contribution in [3.8, 4) is 0 Å². The van der Waals surface area contributed by atoms with Crippen LogP contribution in [0.2, 0.25) is 0 Å². The number of alkyl halides is 9. The van der Waals surface area contributed by atoms with E-state index in [1.54, 1.807) is 0 Å². The molecule has 12 heteroatoms. The number of allylic oxidation sites excluding steroid dienone is 1. The summed E-state index contributed by atoms with van der Waals surface area (Å²) in [6.07, 6.45) is -11.7. The lowest BCUT2D eigenvalue weighted by atomic mass is 10.2. The lowest BCUT2D eigenvalue weighted by Crippen LogP contribution is -2.65. The lowest BCUT2D eigenvalue weighted by molar-refractivity contribution is -0.421. The van der Waals surface area contributed by atoms with Crippen molar-refractivity contribution in [2.45, 2.75) is 24.3 Å². The highest BCUT2D eigenvalue weighted by atomic mass is 19.4. The first-order valence-corrected chi connectivity index (χ1v) is 6.15. The Labute approximate surface area is 125 Å². The maximum atomic E-state index is 13.7. The van der Waals surface area contributed by atoms with E-state index in [1.807, 2.05) is 6.58 Å². The summed E-state index contributed by atoms with van der Waals surface area (Å²) < 4.78 is 120. The van der Waals surface area contributed by atoms with Crippen LogP contribution in [0, 0.1) is 0 Å². The molecule has 0 atom stereocenters. The van der Waals surface area contributed by atoms with Gasteiger partial charge in [-0.15, -0.1) is 0 Å². The number of hydrogen-bond acceptors (Lipinski definition) is 3. The van der Waals surface area contributed by atoms with Crippen molar-refractivity contribution in [2.24, 2.45) is 0 Å². The Bertz CT molecular complexity index is 441. The Morgan fingerprint density at radius 2 is 1.30 bits per heavy atom. The van der Waals surface area contributed by atoms with Crippen LogP contribution in [0.5, 0.6) is 0 Å². The summed E-state index contributed by atoms with van der Waals surface area (Å²) in [6, 6.07) is -5.41. The maximum Gasteiger partial charge on any atom is 0.472 e. The summed E-state index contributed by atoms with van der Waals surface area (Å²) in [5, 5.41) is 0. The van der Waals surface area contributed by atoms with E-state index >= 15 is 0 Å². The normalized spacial score (nSPS) is 19.7. The van der Waals surface area contributed by atoms with Crippen LogP contribution in [0.4, 0.5) is 39.5 Å². The third-order valence-corrected chi connectivity index (χ3v) is 3.21. The minimum atomic E-state index is -6.20. The van der Waals surface area contributed by atoms with E-state index in [1.165, 1.54) is 11.9 Å². The van der Waals surface area contributed by atoms with E-state index in [9.17, 15) is 39.5 Å². The monoisotopic (exact) mass is 360 g/mol. The first-order valence-electron chi connectivity index (χ1n) is 6.15. The fourth-order valence-corrected chi connectivity index (χ4v) is 1.74. The third-order valence-electron chi connectivity index (χ3n) is 3.21. The van der Waals surface area contributed by atoms with Crippen LogP contribution in [0.3, 0.4) is 0 Å². The summed E-state index contributed by atoms with van der Waals surface area (Å²) in [6.45, 7) is 0.453. The van der Waals surface area contributed by atoms with Crippen LogP contribution in [0.15, 0.2) is 12.3 Å². The molecule has 1 aliphatic rings. The number of likely N-dealkylation sites (N-methyl/N-ethyl adjacent to an activating group) is 1. The van der Waals surface area contributed by atoms with Crippen LogP contribution in [0.25, 0.3) is 0 Å². The summed E-state index contributed by atoms with van der Waals surface area (Å²) in [5.41, 5.74) is 0. The largest absolute Gasteiger partial charge is 0.472 e. The van der Waals surface area contributed by atoms with Crippen molar-refractivity contribution in [1.82, 2.24) is 9.80 Å². The van der Waals surface area contributed by atoms with Crippen molar-refractivity contribution in [1.29, 1.82) is 0 Å². The van der Waals surface area contributed by atoms with Gasteiger partial charge in [-0.1, -0.05) is 6.58 Å². The zero-order chi connectivity index (χ0) is 18.3. The molecule has 3 nitrogen and oxygen atoms in total. The predicted octanol–water partition coefficient (Wildman–Crippen LogP) is 3.15. The first kappa shape index (κ1) is 19.9. The molecule has 0 bridgehead atoms. The molecule has 136 valence electrons. The number of nitrogens with zero attached hydrogens (tertiary/aromatic N) is 2. The number of piperazine rings is 1. The quantitative estimate of drug-likeness (QED) is 0.426. The average molecular weight is 360 g/mol. The Kier molecular flexibility index (Phi) is 5.22. The van der Waals surface area contributed by atoms with Crippen LogP contribution in [-0.4, -0.2) is 67.3 Å². The number of hydrogen-bond donors (Lipinski definition) is 0. The van der Waals surface area contributed by atoms with Gasteiger partial charge in [0.2, 0.25) is 0 Å². The standard InChI is InChI=1S/C11H13F9N2O/c1-7(8(12,13)14)23-11(19,20)9(15,16)10(17,18)22-5-3-21(2)4-6-22/h1,3-6H2,2H3. The third kappa shape index (κ3) is 3.84. The Balaban J connectivity index is 2.99. The zero-order valence-corrected chi connectivity index (χ0v) is 11.7. The Morgan fingerprint density at radius 1 is 0.870 bits per heavy atom. The van der Waals surface area contributed by atoms with Gasteiger partial charge in [-0.25, -0.2) is 4.90 Å². The van der Waals surface area contributed by atoms with Gasteiger partial charge in [0, 0.05) is 26.2 Å². The maximum absolute atomic E-state index is 13.7. The molecule has 0 aromatic rings. The molecule has 1 aliphatic heterocycles. The lowest BCUT2D eigenvalue weighted by Gasteiger charge is -2.41. The van der Waals surface area contributed by atoms with E-state index in [2.05, 4.69) is 4.74 Å². The molecule has 23 heavy (non-hydrogen) atoms. The molecule has 0 saturated carbocycles. The molecule has 0 aliphatic carbocycles. The van der Waals surface area contributed by atoms with E-state index in [-0.39, 0.29) is 18.0 Å². The molecule has 0 spiro atoms. The second-order valence-electron chi connectivity index (χ2n) is 4.95. The molecule has 0 unspecified atom stereocenters. The van der Waals surface area contributed by atoms with Gasteiger partial charge < -0.3 is 9.64 Å². The van der Waals surface area contributed by atoms with Crippen LogP contribution < -0.4 is 0 Å². The smallest absolute Gasteiger partial charge is 0.423 e. The van der Waals surface area contributed by atoms with E-state index < -0.39 is 43.1 Å². The highest BCUT2D eigenvalue weighted by Gasteiger charge is 2.76. The highest BCUT2D eigenvalue weighted by molar-refractivity contribution is 4.99. The van der Waals surface area contributed by atoms with Crippen molar-refractivity contribution in [2.75, 3.05) is 33.2 Å². The van der Waals surface area contributed by atoms with Gasteiger partial charge in [-0.2, -0.15) is 39.5 Å². The van der Waals surface area contributed by atoms with Gasteiger partial charge in [0.1, 0.15) is 0 Å². The highest BCUT2D eigenvalue weighted by Crippen LogP contribution is 2.49. The zero-order valence-electron chi connectivity index (χ0n) is 11.7. The average Bonchev–Trinajstić information content (AvgIpc) is 2.37. The molecular weight excluding hydrogens is 347 g/mol. The fraction of sp³-hybridized carbons (Fsp3) is 0.818. The molecule has 0 N–H and O–H groups in total. The van der Waals surface area contributed by atoms with Crippen molar-refractivity contribution in [3.63, 3.8) is 0 Å². The molecule has 1 fully saturated rings. The second kappa shape index (κ2) is 6.04. The Hall–Kier alpha value is -1.17. The SMILES string of the molecule is C=C(OC(F)(F)C(F)(F)C(F)(F)N1CCN(C)CC1)C(F)(F)F. The van der Waals surface area contributed by atoms with Gasteiger partial charge in [0.15, 0.2) is 5.76 Å². The molecule has 0 amide bonds. The minimum absolute atomic E-state index is 0.104. The number of rotatable bonds is 5. The van der Waals surface area contributed by atoms with Gasteiger partial charge >= 0.3 is 24.3 Å². The molecule has 0 aromatic heterocycles. The second-order valence-corrected chi connectivity index (χ2v) is 4.95. The van der Waals surface area contributed by atoms with Crippen LogP contribution >= 0.6 is 0 Å². The topological polar surface area (TPSA) is 15.7 Å². The summed E-state index contributed by atoms with van der Waals surface area (Å²) in [4.78, 5) is 1.27. The van der Waals surface area contributed by atoms with Crippen LogP contribution in [0.1, 0.15) is 0 Å². The molecule has 1 heterocycles. The van der Waals surface area contributed by atoms with Crippen molar-refractivity contribution in [3.05, 3.63) is 12.3 Å². The minimum Gasteiger partial charge on any atom is -0.423 e. The summed E-state index contributed by atoms with van der Waals surface area (Å²) >= 11 is 0. The molecule has 0 radical (unpaired) electrons. The molecule has 1 rings (SSSR count). The summed E-state index contributed by atoms with van der Waals surface area (Å²) in [7, 11) is 1.50. The van der Waals surface area contributed by atoms with Crippen molar-refractivity contribution >= 4 is 0 Å². The molecule has 1 saturated heterocycles. The van der Waals surface area contributed by atoms with E-state index in [4.69, 9.17) is 0 Å². The van der Waals surface area contributed by atoms with E-state index in [0.717, 1.165) is 0 Å². The van der Waals surface area contributed by atoms with Gasteiger partial charge in [-0.05, 0) is 7.05 Å². The van der Waals surface area contributed by atoms with Gasteiger partial charge in [0.25, 0.3) is 0 Å². The van der Waals surface area contributed by atoms with E-state index in [0.29, 0.717) is 0 Å². The van der Waals surface area contributed by atoms with Gasteiger partial charge in [-0.3, -0.25) is 0 Å². The van der Waals surface area contributed by atoms with Crippen molar-refractivity contribution < 1.29 is 44.3 Å². The predicted molar refractivity (Wildman–Crippen MR) is 60.2 cm³/mol. The first-order chi connectivity index (χ1) is 10.1. The molecular formula is C11H13F9N2O. The fourth-order valence-electron chi connectivity index (χ4n) is 1.74. The summed E-state index contributed by atoms with van der Waals surface area (Å²) in [5.74, 6) is -8.90. The number of halogens is 9. The number of ether oxygens (including phenoxy) is 1. The Morgan fingerprint density at radius 3 is 1.70 bits per heavy atom. The van der Waals surface area contributed by atoms with Crippen LogP contribution in [-0.2, 0) is 4.74 Å². The van der Waals surface area contributed by atoms with Gasteiger partial charge in [0.05, 0.1) is 0 Å².